The summed E-state index contributed by atoms with van der Waals surface area (Å²) < 4.78 is 0. The van der Waals surface area contributed by atoms with E-state index in [0.29, 0.717) is 5.92 Å². The number of phenols is 1. The van der Waals surface area contributed by atoms with Crippen LogP contribution in [0.4, 0.5) is 11.4 Å². The normalized spacial score (nSPS) is 19.0. The molecule has 0 radical (unpaired) electrons. The highest BCUT2D eigenvalue weighted by atomic mass is 16.3. The first-order valence-electron chi connectivity index (χ1n) is 9.57. The first-order valence-corrected chi connectivity index (χ1v) is 9.57. The number of fused-ring (bicyclic) bond motifs is 1. The molecule has 3 nitrogen and oxygen atoms in total. The number of anilines is 1. The Morgan fingerprint density at radius 1 is 1.27 bits per heavy atom. The van der Waals surface area contributed by atoms with Crippen LogP contribution in [0.3, 0.4) is 0 Å². The molecule has 0 spiro atoms. The predicted octanol–water partition coefficient (Wildman–Crippen LogP) is 5.95. The zero-order valence-corrected chi connectivity index (χ0v) is 16.6. The third-order valence-electron chi connectivity index (χ3n) is 5.40. The van der Waals surface area contributed by atoms with Crippen molar-refractivity contribution in [2.24, 2.45) is 4.99 Å². The Morgan fingerprint density at radius 3 is 2.73 bits per heavy atom. The molecule has 1 heterocycles. The van der Waals surface area contributed by atoms with Gasteiger partial charge in [0.1, 0.15) is 5.75 Å². The number of hydrogen-bond acceptors (Lipinski definition) is 3. The molecule has 1 unspecified atom stereocenters. The van der Waals surface area contributed by atoms with Crippen molar-refractivity contribution in [1.82, 2.24) is 0 Å². The first kappa shape index (κ1) is 18.5. The van der Waals surface area contributed by atoms with Gasteiger partial charge in [0.15, 0.2) is 0 Å². The highest BCUT2D eigenvalue weighted by Gasteiger charge is 2.36. The maximum atomic E-state index is 9.61. The minimum absolute atomic E-state index is 0.187. The molecule has 0 fully saturated rings. The van der Waals surface area contributed by atoms with Crippen LogP contribution in [0.25, 0.3) is 0 Å². The smallest absolute Gasteiger partial charge is 0.117 e. The molecule has 0 aromatic heterocycles. The van der Waals surface area contributed by atoms with Crippen LogP contribution in [0.15, 0.2) is 41.4 Å². The summed E-state index contributed by atoms with van der Waals surface area (Å²) in [5.74, 6) is 0.773. The fraction of sp³-hybridized carbons (Fsp3) is 0.435. The summed E-state index contributed by atoms with van der Waals surface area (Å²) in [7, 11) is 0. The average Bonchev–Trinajstić information content (AvgIpc) is 2.57. The van der Waals surface area contributed by atoms with E-state index < -0.39 is 0 Å². The van der Waals surface area contributed by atoms with Crippen LogP contribution in [-0.2, 0) is 0 Å². The van der Waals surface area contributed by atoms with Gasteiger partial charge >= 0.3 is 0 Å². The molecule has 26 heavy (non-hydrogen) atoms. The number of aliphatic imine (C=N–C) groups is 1. The minimum atomic E-state index is 0.187. The van der Waals surface area contributed by atoms with Gasteiger partial charge in [0.05, 0.1) is 5.69 Å². The molecular formula is C23H30N2O. The molecule has 0 saturated carbocycles. The van der Waals surface area contributed by atoms with Gasteiger partial charge in [0, 0.05) is 30.1 Å². The fourth-order valence-corrected chi connectivity index (χ4v) is 4.15. The lowest BCUT2D eigenvalue weighted by Crippen LogP contribution is -2.48. The molecule has 1 aliphatic heterocycles. The van der Waals surface area contributed by atoms with Crippen molar-refractivity contribution in [3.8, 4) is 5.75 Å². The summed E-state index contributed by atoms with van der Waals surface area (Å²) in [5, 5.41) is 9.61. The molecule has 0 aliphatic carbocycles. The van der Waals surface area contributed by atoms with Gasteiger partial charge in [-0.3, -0.25) is 4.99 Å². The lowest BCUT2D eigenvalue weighted by Gasteiger charge is -2.48. The Balaban J connectivity index is 2.00. The van der Waals surface area contributed by atoms with E-state index in [0.717, 1.165) is 30.6 Å². The zero-order valence-electron chi connectivity index (χ0n) is 16.6. The number of aryl methyl sites for hydroxylation is 1. The second kappa shape index (κ2) is 7.14. The van der Waals surface area contributed by atoms with Gasteiger partial charge in [-0.05, 0) is 80.5 Å². The van der Waals surface area contributed by atoms with E-state index >= 15 is 0 Å². The summed E-state index contributed by atoms with van der Waals surface area (Å²) in [4.78, 5) is 7.13. The Kier molecular flexibility index (Phi) is 5.08. The molecule has 0 amide bonds. The van der Waals surface area contributed by atoms with E-state index in [1.165, 1.54) is 16.8 Å². The molecule has 1 N–H and O–H groups in total. The van der Waals surface area contributed by atoms with Crippen LogP contribution in [0.2, 0.25) is 0 Å². The standard InChI is InChI=1S/C23H30N2O/c1-6-10-25-22-11-16(2)18(12-21(22)17(3)14-23(25,4)5)15-24-19-8-7-9-20(26)13-19/h7-9,11-13,15,17,26H,6,10,14H2,1-5H3. The van der Waals surface area contributed by atoms with E-state index in [2.05, 4.69) is 56.6 Å². The summed E-state index contributed by atoms with van der Waals surface area (Å²) >= 11 is 0. The van der Waals surface area contributed by atoms with Crippen molar-refractivity contribution in [2.75, 3.05) is 11.4 Å². The molecule has 2 aromatic carbocycles. The van der Waals surface area contributed by atoms with Crippen molar-refractivity contribution < 1.29 is 5.11 Å². The van der Waals surface area contributed by atoms with Crippen molar-refractivity contribution in [3.05, 3.63) is 53.1 Å². The lowest BCUT2D eigenvalue weighted by atomic mass is 9.79. The Bertz CT molecular complexity index is 823. The van der Waals surface area contributed by atoms with E-state index in [1.54, 1.807) is 12.1 Å². The van der Waals surface area contributed by atoms with Gasteiger partial charge in [-0.2, -0.15) is 0 Å². The number of phenolic OH excluding ortho intramolecular Hbond substituents is 1. The van der Waals surface area contributed by atoms with Crippen LogP contribution < -0.4 is 4.90 Å². The number of rotatable bonds is 4. The van der Waals surface area contributed by atoms with Crippen molar-refractivity contribution in [2.45, 2.75) is 58.9 Å². The van der Waals surface area contributed by atoms with E-state index in [1.807, 2.05) is 18.3 Å². The highest BCUT2D eigenvalue weighted by Crippen LogP contribution is 2.44. The topological polar surface area (TPSA) is 35.8 Å². The van der Waals surface area contributed by atoms with Gasteiger partial charge in [0.25, 0.3) is 0 Å². The monoisotopic (exact) mass is 350 g/mol. The number of aromatic hydroxyl groups is 1. The summed E-state index contributed by atoms with van der Waals surface area (Å²) in [6, 6.07) is 11.7. The summed E-state index contributed by atoms with van der Waals surface area (Å²) in [6.07, 6.45) is 4.23. The maximum absolute atomic E-state index is 9.61. The zero-order chi connectivity index (χ0) is 18.9. The van der Waals surface area contributed by atoms with E-state index in [4.69, 9.17) is 0 Å². The molecule has 0 bridgehead atoms. The third-order valence-corrected chi connectivity index (χ3v) is 5.40. The van der Waals surface area contributed by atoms with Crippen LogP contribution >= 0.6 is 0 Å². The highest BCUT2D eigenvalue weighted by molar-refractivity contribution is 5.86. The third kappa shape index (κ3) is 3.62. The molecule has 1 aliphatic rings. The largest absolute Gasteiger partial charge is 0.508 e. The molecule has 1 atom stereocenters. The Hall–Kier alpha value is -2.29. The van der Waals surface area contributed by atoms with Gasteiger partial charge in [0.2, 0.25) is 0 Å². The van der Waals surface area contributed by atoms with Gasteiger partial charge < -0.3 is 10.0 Å². The summed E-state index contributed by atoms with van der Waals surface area (Å²) in [5.41, 5.74) is 6.13. The van der Waals surface area contributed by atoms with Crippen LogP contribution in [-0.4, -0.2) is 23.4 Å². The molecule has 3 rings (SSSR count). The maximum Gasteiger partial charge on any atom is 0.117 e. The van der Waals surface area contributed by atoms with Gasteiger partial charge in [-0.25, -0.2) is 0 Å². The summed E-state index contributed by atoms with van der Waals surface area (Å²) in [6.45, 7) is 12.5. The number of benzene rings is 2. The second-order valence-electron chi connectivity index (χ2n) is 8.11. The molecule has 0 saturated heterocycles. The fourth-order valence-electron chi connectivity index (χ4n) is 4.15. The van der Waals surface area contributed by atoms with Gasteiger partial charge in [-0.15, -0.1) is 0 Å². The number of hydrogen-bond donors (Lipinski definition) is 1. The molecule has 3 heteroatoms. The minimum Gasteiger partial charge on any atom is -0.508 e. The van der Waals surface area contributed by atoms with Crippen molar-refractivity contribution >= 4 is 17.6 Å². The van der Waals surface area contributed by atoms with Crippen molar-refractivity contribution in [3.63, 3.8) is 0 Å². The SMILES string of the molecule is CCCN1c2cc(C)c(C=Nc3cccc(O)c3)cc2C(C)CC1(C)C. The molecular weight excluding hydrogens is 320 g/mol. The predicted molar refractivity (Wildman–Crippen MR) is 111 cm³/mol. The van der Waals surface area contributed by atoms with Crippen LogP contribution in [0.5, 0.6) is 5.75 Å². The Morgan fingerprint density at radius 2 is 2.04 bits per heavy atom. The van der Waals surface area contributed by atoms with Crippen LogP contribution in [0, 0.1) is 6.92 Å². The van der Waals surface area contributed by atoms with Crippen molar-refractivity contribution in [1.29, 1.82) is 0 Å². The van der Waals surface area contributed by atoms with E-state index in [-0.39, 0.29) is 11.3 Å². The lowest BCUT2D eigenvalue weighted by molar-refractivity contribution is 0.376. The quantitative estimate of drug-likeness (QED) is 0.691. The van der Waals surface area contributed by atoms with E-state index in [9.17, 15) is 5.11 Å². The Labute approximate surface area is 157 Å². The number of nitrogens with zero attached hydrogens (tertiary/aromatic N) is 2. The average molecular weight is 351 g/mol. The molecule has 138 valence electrons. The first-order chi connectivity index (χ1) is 12.3. The molecule has 2 aromatic rings. The van der Waals surface area contributed by atoms with Gasteiger partial charge in [-0.1, -0.05) is 19.9 Å². The van der Waals surface area contributed by atoms with Crippen LogP contribution in [0.1, 0.15) is 63.1 Å². The second-order valence-corrected chi connectivity index (χ2v) is 8.11.